The maximum atomic E-state index is 13.8. The summed E-state index contributed by atoms with van der Waals surface area (Å²) in [4.78, 5) is 17.2. The van der Waals surface area contributed by atoms with Gasteiger partial charge in [0.2, 0.25) is 5.91 Å². The molecule has 0 aliphatic rings. The summed E-state index contributed by atoms with van der Waals surface area (Å²) >= 11 is 1.32. The van der Waals surface area contributed by atoms with E-state index in [1.54, 1.807) is 31.5 Å². The Hall–Kier alpha value is -2.73. The van der Waals surface area contributed by atoms with Gasteiger partial charge in [-0.25, -0.2) is 9.37 Å². The Bertz CT molecular complexity index is 879. The first-order valence-electron chi connectivity index (χ1n) is 7.75. The summed E-state index contributed by atoms with van der Waals surface area (Å²) in [5, 5.41) is 3.44. The predicted octanol–water partition coefficient (Wildman–Crippen LogP) is 3.82. The standard InChI is InChI=1S/C19H17FN2O2S/c1-24-17-9-5-2-6-13(17)11-21-18(23)10-14-12-22-19(25-14)15-7-3-4-8-16(15)20/h2-9,12H,10-11H2,1H3,(H,21,23). The maximum absolute atomic E-state index is 13.8. The fourth-order valence-electron chi connectivity index (χ4n) is 2.41. The average Bonchev–Trinajstić information content (AvgIpc) is 3.08. The van der Waals surface area contributed by atoms with Crippen LogP contribution in [-0.4, -0.2) is 18.0 Å². The molecule has 0 radical (unpaired) electrons. The number of amides is 1. The van der Waals surface area contributed by atoms with Crippen molar-refractivity contribution in [2.24, 2.45) is 0 Å². The lowest BCUT2D eigenvalue weighted by Gasteiger charge is -2.09. The molecule has 4 nitrogen and oxygen atoms in total. The number of nitrogens with one attached hydrogen (secondary N) is 1. The minimum absolute atomic E-state index is 0.116. The smallest absolute Gasteiger partial charge is 0.225 e. The van der Waals surface area contributed by atoms with Crippen molar-refractivity contribution in [3.05, 3.63) is 71.0 Å². The summed E-state index contributed by atoms with van der Waals surface area (Å²) in [5.41, 5.74) is 1.36. The van der Waals surface area contributed by atoms with E-state index in [2.05, 4.69) is 10.3 Å². The molecule has 0 aliphatic heterocycles. The molecule has 0 fully saturated rings. The topological polar surface area (TPSA) is 51.2 Å². The highest BCUT2D eigenvalue weighted by atomic mass is 32.1. The average molecular weight is 356 g/mol. The fraction of sp³-hybridized carbons (Fsp3) is 0.158. The van der Waals surface area contributed by atoms with E-state index in [0.717, 1.165) is 16.2 Å². The van der Waals surface area contributed by atoms with E-state index in [4.69, 9.17) is 4.74 Å². The summed E-state index contributed by atoms with van der Waals surface area (Å²) < 4.78 is 19.1. The minimum atomic E-state index is -0.316. The van der Waals surface area contributed by atoms with E-state index in [1.165, 1.54) is 17.4 Å². The van der Waals surface area contributed by atoms with Gasteiger partial charge in [0, 0.05) is 28.7 Å². The molecule has 6 heteroatoms. The number of halogens is 1. The summed E-state index contributed by atoms with van der Waals surface area (Å²) in [6.07, 6.45) is 1.83. The first-order valence-corrected chi connectivity index (χ1v) is 8.57. The minimum Gasteiger partial charge on any atom is -0.496 e. The summed E-state index contributed by atoms with van der Waals surface area (Å²) in [6, 6.07) is 14.0. The molecule has 0 saturated heterocycles. The second-order valence-corrected chi connectivity index (χ2v) is 6.49. The molecule has 0 bridgehead atoms. The van der Waals surface area contributed by atoms with E-state index >= 15 is 0 Å². The Kier molecular flexibility index (Phi) is 5.40. The maximum Gasteiger partial charge on any atom is 0.225 e. The molecule has 2 aromatic carbocycles. The first-order chi connectivity index (χ1) is 12.2. The molecular formula is C19H17FN2O2S. The van der Waals surface area contributed by atoms with E-state index in [9.17, 15) is 9.18 Å². The van der Waals surface area contributed by atoms with Gasteiger partial charge in [0.25, 0.3) is 0 Å². The van der Waals surface area contributed by atoms with Gasteiger partial charge >= 0.3 is 0 Å². The number of methoxy groups -OCH3 is 1. The zero-order chi connectivity index (χ0) is 17.6. The van der Waals surface area contributed by atoms with E-state index in [-0.39, 0.29) is 18.1 Å². The molecule has 0 saturated carbocycles. The third-order valence-corrected chi connectivity index (χ3v) is 4.69. The van der Waals surface area contributed by atoms with Gasteiger partial charge in [-0.2, -0.15) is 0 Å². The number of aromatic nitrogens is 1. The largest absolute Gasteiger partial charge is 0.496 e. The van der Waals surface area contributed by atoms with Crippen molar-refractivity contribution < 1.29 is 13.9 Å². The highest BCUT2D eigenvalue weighted by Crippen LogP contribution is 2.27. The Labute approximate surface area is 149 Å². The molecule has 0 atom stereocenters. The van der Waals surface area contributed by atoms with Gasteiger partial charge in [0.15, 0.2) is 0 Å². The van der Waals surface area contributed by atoms with Crippen LogP contribution in [0.2, 0.25) is 0 Å². The van der Waals surface area contributed by atoms with Gasteiger partial charge in [0.05, 0.1) is 13.5 Å². The van der Waals surface area contributed by atoms with Crippen LogP contribution in [0.15, 0.2) is 54.7 Å². The molecule has 1 heterocycles. The van der Waals surface area contributed by atoms with Crippen LogP contribution in [0.25, 0.3) is 10.6 Å². The number of carbonyl (C=O) groups excluding carboxylic acids is 1. The van der Waals surface area contributed by atoms with Gasteiger partial charge in [-0.1, -0.05) is 30.3 Å². The van der Waals surface area contributed by atoms with Crippen LogP contribution in [-0.2, 0) is 17.8 Å². The molecule has 0 aliphatic carbocycles. The summed E-state index contributed by atoms with van der Waals surface area (Å²) in [7, 11) is 1.60. The Balaban J connectivity index is 1.61. The van der Waals surface area contributed by atoms with Crippen LogP contribution in [0.5, 0.6) is 5.75 Å². The molecule has 0 unspecified atom stereocenters. The lowest BCUT2D eigenvalue weighted by atomic mass is 10.2. The highest BCUT2D eigenvalue weighted by Gasteiger charge is 2.12. The van der Waals surface area contributed by atoms with E-state index < -0.39 is 0 Å². The Morgan fingerprint density at radius 3 is 2.76 bits per heavy atom. The van der Waals surface area contributed by atoms with Crippen molar-refractivity contribution in [2.45, 2.75) is 13.0 Å². The zero-order valence-electron chi connectivity index (χ0n) is 13.7. The number of thiazole rings is 1. The van der Waals surface area contributed by atoms with Crippen molar-refractivity contribution in [1.82, 2.24) is 10.3 Å². The summed E-state index contributed by atoms with van der Waals surface area (Å²) in [6.45, 7) is 0.391. The number of benzene rings is 2. The van der Waals surface area contributed by atoms with Gasteiger partial charge in [-0.3, -0.25) is 4.79 Å². The number of hydrogen-bond donors (Lipinski definition) is 1. The molecule has 25 heavy (non-hydrogen) atoms. The zero-order valence-corrected chi connectivity index (χ0v) is 14.5. The molecule has 1 N–H and O–H groups in total. The van der Waals surface area contributed by atoms with Crippen LogP contribution in [0.1, 0.15) is 10.4 Å². The van der Waals surface area contributed by atoms with Crippen molar-refractivity contribution in [3.8, 4) is 16.3 Å². The molecule has 0 spiro atoms. The van der Waals surface area contributed by atoms with Gasteiger partial charge in [-0.15, -0.1) is 11.3 Å². The number of hydrogen-bond acceptors (Lipinski definition) is 4. The number of carbonyl (C=O) groups is 1. The van der Waals surface area contributed by atoms with Crippen molar-refractivity contribution in [1.29, 1.82) is 0 Å². The monoisotopic (exact) mass is 356 g/mol. The molecule has 3 rings (SSSR count). The van der Waals surface area contributed by atoms with Crippen molar-refractivity contribution in [2.75, 3.05) is 7.11 Å². The number of rotatable bonds is 6. The molecular weight excluding hydrogens is 339 g/mol. The second-order valence-electron chi connectivity index (χ2n) is 5.38. The Morgan fingerprint density at radius 1 is 1.20 bits per heavy atom. The highest BCUT2D eigenvalue weighted by molar-refractivity contribution is 7.15. The SMILES string of the molecule is COc1ccccc1CNC(=O)Cc1cnc(-c2ccccc2F)s1. The van der Waals surface area contributed by atoms with Crippen LogP contribution in [0, 0.1) is 5.82 Å². The molecule has 1 amide bonds. The third kappa shape index (κ3) is 4.22. The van der Waals surface area contributed by atoms with Crippen LogP contribution >= 0.6 is 11.3 Å². The fourth-order valence-corrected chi connectivity index (χ4v) is 3.35. The van der Waals surface area contributed by atoms with Crippen LogP contribution in [0.4, 0.5) is 4.39 Å². The van der Waals surface area contributed by atoms with E-state index in [1.807, 2.05) is 24.3 Å². The van der Waals surface area contributed by atoms with Crippen molar-refractivity contribution in [3.63, 3.8) is 0 Å². The van der Waals surface area contributed by atoms with E-state index in [0.29, 0.717) is 17.1 Å². The lowest BCUT2D eigenvalue weighted by molar-refractivity contribution is -0.120. The van der Waals surface area contributed by atoms with Crippen LogP contribution in [0.3, 0.4) is 0 Å². The number of para-hydroxylation sites is 1. The van der Waals surface area contributed by atoms with Gasteiger partial charge < -0.3 is 10.1 Å². The van der Waals surface area contributed by atoms with Crippen LogP contribution < -0.4 is 10.1 Å². The summed E-state index contributed by atoms with van der Waals surface area (Å²) in [5.74, 6) is 0.307. The first kappa shape index (κ1) is 17.1. The van der Waals surface area contributed by atoms with Crippen molar-refractivity contribution >= 4 is 17.2 Å². The third-order valence-electron chi connectivity index (χ3n) is 3.66. The number of ether oxygens (including phenoxy) is 1. The quantitative estimate of drug-likeness (QED) is 0.731. The van der Waals surface area contributed by atoms with Gasteiger partial charge in [-0.05, 0) is 18.2 Å². The normalized spacial score (nSPS) is 10.5. The molecule has 1 aromatic heterocycles. The molecule has 128 valence electrons. The predicted molar refractivity (Wildman–Crippen MR) is 96.1 cm³/mol. The number of nitrogens with zero attached hydrogens (tertiary/aromatic N) is 1. The molecule has 3 aromatic rings. The lowest BCUT2D eigenvalue weighted by Crippen LogP contribution is -2.24. The second kappa shape index (κ2) is 7.90. The van der Waals surface area contributed by atoms with Gasteiger partial charge in [0.1, 0.15) is 16.6 Å². The Morgan fingerprint density at radius 2 is 1.96 bits per heavy atom.